The van der Waals surface area contributed by atoms with Gasteiger partial charge in [-0.05, 0) is 59.1 Å². The Labute approximate surface area is 252 Å². The van der Waals surface area contributed by atoms with Gasteiger partial charge in [-0.3, -0.25) is 19.2 Å². The molecule has 14 nitrogen and oxygen atoms in total. The molecule has 0 bridgehead atoms. The van der Waals surface area contributed by atoms with Gasteiger partial charge in [0.1, 0.15) is 22.8 Å². The molecule has 1 aliphatic rings. The number of nitrogens with one attached hydrogen (secondary N) is 3. The predicted octanol–water partition coefficient (Wildman–Crippen LogP) is 1.09. The van der Waals surface area contributed by atoms with E-state index >= 15 is 0 Å². The lowest BCUT2D eigenvalue weighted by Gasteiger charge is -2.32. The highest BCUT2D eigenvalue weighted by molar-refractivity contribution is 7.71. The topological polar surface area (TPSA) is 205 Å². The number of nitrogen functional groups attached to an aromatic ring is 1. The number of benzene rings is 2. The second-order valence-electron chi connectivity index (χ2n) is 10.3. The monoisotopic (exact) mass is 612 g/mol. The zero-order chi connectivity index (χ0) is 31.1. The molecule has 0 atom stereocenters. The summed E-state index contributed by atoms with van der Waals surface area (Å²) in [6.45, 7) is 1.23. The highest BCUT2D eigenvalue weighted by Crippen LogP contribution is 2.26. The molecule has 0 spiro atoms. The van der Waals surface area contributed by atoms with Crippen molar-refractivity contribution in [3.05, 3.63) is 113 Å². The average molecular weight is 613 g/mol. The number of aromatic amines is 1. The molecule has 2 amide bonds. The fraction of sp³-hybridized carbons (Fsp3) is 0.172. The second-order valence-corrected chi connectivity index (χ2v) is 10.6. The standard InChI is InChI=1S/C29H24N8O6S/c30-21-22(24(39)23(21)38)36-8-7-16-4-3-15(9-18(16)13-36)12-31-25(40)19-10-20(37-28(33-19)34-35-29(37)44)26(41)32-11-14-1-5-17(6-2-14)27(42)43/h1-6,9-10H,7-8,11-13,30H2,(H,31,40)(H,32,41)(H,35,44)(H,42,43). The van der Waals surface area contributed by atoms with Crippen LogP contribution in [0.1, 0.15) is 53.6 Å². The molecule has 3 heterocycles. The summed E-state index contributed by atoms with van der Waals surface area (Å²) in [5.41, 5.74) is 8.41. The van der Waals surface area contributed by atoms with Crippen LogP contribution in [0, 0.1) is 4.77 Å². The summed E-state index contributed by atoms with van der Waals surface area (Å²) in [6, 6.07) is 13.2. The van der Waals surface area contributed by atoms with E-state index in [4.69, 9.17) is 23.1 Å². The van der Waals surface area contributed by atoms with Crippen LogP contribution in [0.3, 0.4) is 0 Å². The zero-order valence-electron chi connectivity index (χ0n) is 22.9. The van der Waals surface area contributed by atoms with Gasteiger partial charge >= 0.3 is 5.97 Å². The van der Waals surface area contributed by atoms with Gasteiger partial charge in [0.05, 0.1) is 5.56 Å². The van der Waals surface area contributed by atoms with Gasteiger partial charge in [0.2, 0.25) is 4.77 Å². The summed E-state index contributed by atoms with van der Waals surface area (Å²) in [4.78, 5) is 67.1. The lowest BCUT2D eigenvalue weighted by Crippen LogP contribution is -2.44. The Morgan fingerprint density at radius 2 is 1.66 bits per heavy atom. The number of carbonyl (C=O) groups is 3. The molecule has 3 aromatic carbocycles. The van der Waals surface area contributed by atoms with Crippen LogP contribution in [-0.4, -0.2) is 49.0 Å². The number of H-pyrrole nitrogens is 1. The number of nitrogens with two attached hydrogens (primary N) is 1. The third kappa shape index (κ3) is 5.20. The lowest BCUT2D eigenvalue weighted by atomic mass is 9.96. The molecule has 44 heavy (non-hydrogen) atoms. The van der Waals surface area contributed by atoms with Crippen LogP contribution in [0.2, 0.25) is 0 Å². The van der Waals surface area contributed by atoms with Gasteiger partial charge in [0.25, 0.3) is 28.4 Å². The number of amides is 2. The van der Waals surface area contributed by atoms with Crippen molar-refractivity contribution < 1.29 is 19.5 Å². The van der Waals surface area contributed by atoms with Crippen LogP contribution >= 0.6 is 12.2 Å². The van der Waals surface area contributed by atoms with Crippen LogP contribution in [0.5, 0.6) is 0 Å². The van der Waals surface area contributed by atoms with Crippen molar-refractivity contribution in [3.8, 4) is 0 Å². The maximum Gasteiger partial charge on any atom is 0.335 e. The Balaban J connectivity index is 1.16. The number of rotatable bonds is 8. The van der Waals surface area contributed by atoms with Crippen LogP contribution in [-0.2, 0) is 26.1 Å². The van der Waals surface area contributed by atoms with Gasteiger partial charge in [0, 0.05) is 26.2 Å². The third-order valence-corrected chi connectivity index (χ3v) is 7.76. The Bertz CT molecular complexity index is 2110. The molecule has 6 N–H and O–H groups in total. The largest absolute Gasteiger partial charge is 0.478 e. The molecule has 0 radical (unpaired) electrons. The summed E-state index contributed by atoms with van der Waals surface area (Å²) in [7, 11) is 0. The molecule has 0 saturated heterocycles. The number of fused-ring (bicyclic) bond motifs is 2. The molecule has 6 rings (SSSR count). The highest BCUT2D eigenvalue weighted by Gasteiger charge is 2.27. The van der Waals surface area contributed by atoms with Gasteiger partial charge in [-0.25, -0.2) is 19.3 Å². The maximum atomic E-state index is 13.2. The number of aromatic nitrogens is 4. The fourth-order valence-electron chi connectivity index (χ4n) is 5.13. The summed E-state index contributed by atoms with van der Waals surface area (Å²) in [5, 5.41) is 21.2. The van der Waals surface area contributed by atoms with E-state index in [9.17, 15) is 24.0 Å². The third-order valence-electron chi connectivity index (χ3n) is 7.48. The highest BCUT2D eigenvalue weighted by atomic mass is 32.1. The van der Waals surface area contributed by atoms with Gasteiger partial charge < -0.3 is 26.4 Å². The Morgan fingerprint density at radius 1 is 0.955 bits per heavy atom. The van der Waals surface area contributed by atoms with Crippen LogP contribution < -0.4 is 32.1 Å². The molecule has 0 aliphatic carbocycles. The average Bonchev–Trinajstić information content (AvgIpc) is 3.42. The number of aromatic carboxylic acids is 1. The van der Waals surface area contributed by atoms with Crippen molar-refractivity contribution in [2.24, 2.45) is 0 Å². The Hall–Kier alpha value is -5.70. The predicted molar refractivity (Wildman–Crippen MR) is 161 cm³/mol. The molecule has 15 heteroatoms. The van der Waals surface area contributed by atoms with Crippen LogP contribution in [0.4, 0.5) is 11.4 Å². The number of carboxylic acid groups (broad SMARTS) is 1. The van der Waals surface area contributed by atoms with E-state index in [1.54, 1.807) is 17.0 Å². The minimum Gasteiger partial charge on any atom is -0.478 e. The Kier molecular flexibility index (Phi) is 7.22. The first-order valence-electron chi connectivity index (χ1n) is 13.4. The van der Waals surface area contributed by atoms with Gasteiger partial charge in [-0.2, -0.15) is 0 Å². The van der Waals surface area contributed by atoms with E-state index in [0.717, 1.165) is 16.7 Å². The maximum absolute atomic E-state index is 13.2. The van der Waals surface area contributed by atoms with Crippen molar-refractivity contribution in [1.82, 2.24) is 30.2 Å². The van der Waals surface area contributed by atoms with E-state index in [1.165, 1.54) is 22.6 Å². The van der Waals surface area contributed by atoms with E-state index < -0.39 is 28.6 Å². The number of carbonyl (C=O) groups excluding carboxylic acids is 2. The van der Waals surface area contributed by atoms with E-state index in [1.807, 2.05) is 18.2 Å². The minimum absolute atomic E-state index is 0.00739. The minimum atomic E-state index is -1.05. The molecule has 5 aromatic rings. The summed E-state index contributed by atoms with van der Waals surface area (Å²) < 4.78 is 1.43. The summed E-state index contributed by atoms with van der Waals surface area (Å²) >= 11 is 5.26. The number of nitrogens with zero attached hydrogens (tertiary/aromatic N) is 4. The van der Waals surface area contributed by atoms with Gasteiger partial charge in [-0.15, -0.1) is 5.10 Å². The second kappa shape index (κ2) is 11.2. The number of carboxylic acids is 1. The zero-order valence-corrected chi connectivity index (χ0v) is 23.7. The lowest BCUT2D eigenvalue weighted by molar-refractivity contribution is 0.0696. The van der Waals surface area contributed by atoms with Crippen LogP contribution in [0.15, 0.2) is 58.1 Å². The number of hydrogen-bond donors (Lipinski definition) is 5. The Morgan fingerprint density at radius 3 is 2.39 bits per heavy atom. The van der Waals surface area contributed by atoms with Crippen LogP contribution in [0.25, 0.3) is 5.78 Å². The molecule has 0 fully saturated rings. The van der Waals surface area contributed by atoms with Crippen molar-refractivity contribution in [1.29, 1.82) is 0 Å². The van der Waals surface area contributed by atoms with Crippen molar-refractivity contribution in [2.75, 3.05) is 17.2 Å². The first-order chi connectivity index (χ1) is 21.1. The molecule has 1 aliphatic heterocycles. The SMILES string of the molecule is Nc1c(N2CCc3ccc(CNC(=O)c4cc(C(=O)NCc5ccc(C(=O)O)cc5)n5c(=S)[nH]nc5n4)cc3C2)c(=O)c1=O. The first kappa shape index (κ1) is 28.4. The molecule has 222 valence electrons. The van der Waals surface area contributed by atoms with Crippen molar-refractivity contribution in [2.45, 2.75) is 26.1 Å². The molecule has 0 saturated carbocycles. The molecule has 2 aromatic heterocycles. The smallest absolute Gasteiger partial charge is 0.335 e. The first-order valence-corrected chi connectivity index (χ1v) is 13.8. The van der Waals surface area contributed by atoms with Crippen molar-refractivity contribution >= 4 is 47.2 Å². The number of hydrogen-bond acceptors (Lipinski definition) is 10. The van der Waals surface area contributed by atoms with E-state index in [-0.39, 0.29) is 52.0 Å². The number of anilines is 2. The molecular formula is C29H24N8O6S. The quantitative estimate of drug-likeness (QED) is 0.124. The van der Waals surface area contributed by atoms with Gasteiger partial charge in [-0.1, -0.05) is 30.3 Å². The fourth-order valence-corrected chi connectivity index (χ4v) is 5.36. The molecule has 0 unspecified atom stereocenters. The normalized spacial score (nSPS) is 12.7. The van der Waals surface area contributed by atoms with Gasteiger partial charge in [0.15, 0.2) is 0 Å². The summed E-state index contributed by atoms with van der Waals surface area (Å²) in [5.74, 6) is -2.12. The van der Waals surface area contributed by atoms with Crippen molar-refractivity contribution in [3.63, 3.8) is 0 Å². The van der Waals surface area contributed by atoms with E-state index in [0.29, 0.717) is 25.1 Å². The summed E-state index contributed by atoms with van der Waals surface area (Å²) in [6.07, 6.45) is 0.675. The molecular weight excluding hydrogens is 588 g/mol. The van der Waals surface area contributed by atoms with E-state index in [2.05, 4.69) is 25.8 Å².